The SMILES string of the molecule is CCC(CC)(c1ccc(N=Nc2ccc(C)cc2)[nH]1)c1ccc(N=Nc2ccc(C)cc2)[nH]1. The maximum Gasteiger partial charge on any atom is 0.152 e. The average molecular weight is 439 g/mol. The topological polar surface area (TPSA) is 81.0 Å². The predicted molar refractivity (Wildman–Crippen MR) is 134 cm³/mol. The van der Waals surface area contributed by atoms with Crippen LogP contribution in [-0.2, 0) is 5.41 Å². The molecule has 6 heteroatoms. The summed E-state index contributed by atoms with van der Waals surface area (Å²) in [5.74, 6) is 1.48. The van der Waals surface area contributed by atoms with Crippen LogP contribution in [0.1, 0.15) is 49.2 Å². The van der Waals surface area contributed by atoms with Gasteiger partial charge in [-0.05, 0) is 75.2 Å². The number of H-pyrrole nitrogens is 2. The van der Waals surface area contributed by atoms with Crippen LogP contribution in [0.5, 0.6) is 0 Å². The zero-order valence-corrected chi connectivity index (χ0v) is 19.6. The molecular formula is C27H30N6. The van der Waals surface area contributed by atoms with Crippen LogP contribution < -0.4 is 0 Å². The van der Waals surface area contributed by atoms with Crippen LogP contribution in [-0.4, -0.2) is 9.97 Å². The van der Waals surface area contributed by atoms with Crippen LogP contribution in [0.25, 0.3) is 0 Å². The van der Waals surface area contributed by atoms with Crippen molar-refractivity contribution in [2.45, 2.75) is 46.0 Å². The molecular weight excluding hydrogens is 408 g/mol. The lowest BCUT2D eigenvalue weighted by atomic mass is 9.76. The van der Waals surface area contributed by atoms with Gasteiger partial charge in [0.2, 0.25) is 0 Å². The molecule has 2 aromatic heterocycles. The number of nitrogens with zero attached hydrogens (tertiary/aromatic N) is 4. The first-order valence-corrected chi connectivity index (χ1v) is 11.4. The molecule has 0 bridgehead atoms. The number of hydrogen-bond donors (Lipinski definition) is 2. The van der Waals surface area contributed by atoms with E-state index in [9.17, 15) is 0 Å². The lowest BCUT2D eigenvalue weighted by molar-refractivity contribution is 0.456. The average Bonchev–Trinajstić information content (AvgIpc) is 3.51. The number of nitrogens with one attached hydrogen (secondary N) is 2. The van der Waals surface area contributed by atoms with Gasteiger partial charge in [-0.25, -0.2) is 0 Å². The lowest BCUT2D eigenvalue weighted by Crippen LogP contribution is -2.26. The molecule has 4 rings (SSSR count). The number of rotatable bonds is 8. The molecule has 0 aliphatic rings. The first-order valence-electron chi connectivity index (χ1n) is 11.4. The highest BCUT2D eigenvalue weighted by Crippen LogP contribution is 2.39. The number of azo groups is 2. The molecule has 2 aromatic carbocycles. The monoisotopic (exact) mass is 438 g/mol. The zero-order chi connectivity index (χ0) is 23.3. The second-order valence-electron chi connectivity index (χ2n) is 8.37. The van der Waals surface area contributed by atoms with Crippen LogP contribution in [0, 0.1) is 13.8 Å². The molecule has 0 atom stereocenters. The molecule has 0 unspecified atom stereocenters. The van der Waals surface area contributed by atoms with E-state index in [4.69, 9.17) is 0 Å². The maximum atomic E-state index is 4.40. The molecule has 33 heavy (non-hydrogen) atoms. The molecule has 2 N–H and O–H groups in total. The number of aromatic amines is 2. The van der Waals surface area contributed by atoms with Gasteiger partial charge in [0.1, 0.15) is 0 Å². The third-order valence-electron chi connectivity index (χ3n) is 6.19. The molecule has 0 saturated carbocycles. The maximum absolute atomic E-state index is 4.40. The smallest absolute Gasteiger partial charge is 0.152 e. The predicted octanol–water partition coefficient (Wildman–Crippen LogP) is 8.90. The van der Waals surface area contributed by atoms with Crippen molar-refractivity contribution in [3.05, 3.63) is 95.3 Å². The van der Waals surface area contributed by atoms with Gasteiger partial charge < -0.3 is 9.97 Å². The number of aromatic nitrogens is 2. The summed E-state index contributed by atoms with van der Waals surface area (Å²) in [7, 11) is 0. The standard InChI is InChI=1S/C27H30N6/c1-5-27(6-2,23-15-17-25(28-23)32-30-21-11-7-19(3)8-12-21)24-16-18-26(29-24)33-31-22-13-9-20(4)10-14-22/h7-18,28-29H,5-6H2,1-4H3. The minimum Gasteiger partial charge on any atom is -0.341 e. The fourth-order valence-electron chi connectivity index (χ4n) is 4.05. The summed E-state index contributed by atoms with van der Waals surface area (Å²) in [6.45, 7) is 8.52. The number of hydrogen-bond acceptors (Lipinski definition) is 4. The van der Waals surface area contributed by atoms with E-state index in [1.165, 1.54) is 11.1 Å². The highest BCUT2D eigenvalue weighted by molar-refractivity contribution is 5.44. The van der Waals surface area contributed by atoms with E-state index in [0.717, 1.165) is 47.2 Å². The molecule has 0 aliphatic carbocycles. The molecule has 0 aliphatic heterocycles. The van der Waals surface area contributed by atoms with E-state index in [2.05, 4.69) is 70.3 Å². The van der Waals surface area contributed by atoms with Crippen molar-refractivity contribution < 1.29 is 0 Å². The summed E-state index contributed by atoms with van der Waals surface area (Å²) in [4.78, 5) is 6.95. The normalized spacial score (nSPS) is 12.2. The van der Waals surface area contributed by atoms with Crippen molar-refractivity contribution in [2.24, 2.45) is 20.5 Å². The third kappa shape index (κ3) is 5.00. The van der Waals surface area contributed by atoms with Gasteiger partial charge in [0, 0.05) is 16.8 Å². The number of benzene rings is 2. The van der Waals surface area contributed by atoms with Crippen molar-refractivity contribution in [3.63, 3.8) is 0 Å². The third-order valence-corrected chi connectivity index (χ3v) is 6.19. The largest absolute Gasteiger partial charge is 0.341 e. The van der Waals surface area contributed by atoms with Gasteiger partial charge in [0.15, 0.2) is 11.6 Å². The number of aryl methyl sites for hydroxylation is 2. The Balaban J connectivity index is 1.56. The van der Waals surface area contributed by atoms with E-state index in [1.807, 2.05) is 60.7 Å². The Bertz CT molecular complexity index is 1140. The Hall–Kier alpha value is -3.80. The van der Waals surface area contributed by atoms with Crippen molar-refractivity contribution in [3.8, 4) is 0 Å². The van der Waals surface area contributed by atoms with Crippen molar-refractivity contribution in [1.29, 1.82) is 0 Å². The van der Waals surface area contributed by atoms with Crippen molar-refractivity contribution >= 4 is 23.0 Å². The van der Waals surface area contributed by atoms with Gasteiger partial charge >= 0.3 is 0 Å². The molecule has 2 heterocycles. The minimum absolute atomic E-state index is 0.199. The van der Waals surface area contributed by atoms with E-state index >= 15 is 0 Å². The summed E-state index contributed by atoms with van der Waals surface area (Å²) >= 11 is 0. The van der Waals surface area contributed by atoms with Gasteiger partial charge in [0.25, 0.3) is 0 Å². The van der Waals surface area contributed by atoms with Gasteiger partial charge in [-0.3, -0.25) is 0 Å². The molecule has 0 radical (unpaired) electrons. The Morgan fingerprint density at radius 1 is 0.545 bits per heavy atom. The molecule has 0 amide bonds. The molecule has 6 nitrogen and oxygen atoms in total. The van der Waals surface area contributed by atoms with E-state index < -0.39 is 0 Å². The molecule has 0 saturated heterocycles. The second-order valence-corrected chi connectivity index (χ2v) is 8.37. The van der Waals surface area contributed by atoms with Gasteiger partial charge in [0.05, 0.1) is 11.4 Å². The fourth-order valence-corrected chi connectivity index (χ4v) is 4.05. The Morgan fingerprint density at radius 2 is 0.939 bits per heavy atom. The van der Waals surface area contributed by atoms with Crippen LogP contribution in [0.15, 0.2) is 93.3 Å². The van der Waals surface area contributed by atoms with Crippen LogP contribution in [0.2, 0.25) is 0 Å². The van der Waals surface area contributed by atoms with E-state index in [-0.39, 0.29) is 5.41 Å². The summed E-state index contributed by atoms with van der Waals surface area (Å²) in [6, 6.07) is 24.2. The summed E-state index contributed by atoms with van der Waals surface area (Å²) in [6.07, 6.45) is 1.85. The van der Waals surface area contributed by atoms with Gasteiger partial charge in [-0.1, -0.05) is 49.2 Å². The van der Waals surface area contributed by atoms with E-state index in [1.54, 1.807) is 0 Å². The van der Waals surface area contributed by atoms with Crippen molar-refractivity contribution in [1.82, 2.24) is 9.97 Å². The molecule has 0 spiro atoms. The highest BCUT2D eigenvalue weighted by atomic mass is 15.2. The molecule has 0 fully saturated rings. The minimum atomic E-state index is -0.199. The fraction of sp³-hybridized carbons (Fsp3) is 0.259. The second kappa shape index (κ2) is 9.77. The lowest BCUT2D eigenvalue weighted by Gasteiger charge is -2.30. The first-order chi connectivity index (χ1) is 16.0. The zero-order valence-electron chi connectivity index (χ0n) is 19.6. The molecule has 4 aromatic rings. The Kier molecular flexibility index (Phi) is 6.63. The molecule has 168 valence electrons. The van der Waals surface area contributed by atoms with Gasteiger partial charge in [-0.15, -0.1) is 20.5 Å². The summed E-state index contributed by atoms with van der Waals surface area (Å²) in [5.41, 5.74) is 6.09. The summed E-state index contributed by atoms with van der Waals surface area (Å²) in [5, 5.41) is 17.5. The van der Waals surface area contributed by atoms with Crippen LogP contribution in [0.4, 0.5) is 23.0 Å². The first kappa shape index (κ1) is 22.4. The van der Waals surface area contributed by atoms with Crippen LogP contribution >= 0.6 is 0 Å². The van der Waals surface area contributed by atoms with E-state index in [0.29, 0.717) is 0 Å². The van der Waals surface area contributed by atoms with Crippen LogP contribution in [0.3, 0.4) is 0 Å². The Labute approximate surface area is 194 Å². The van der Waals surface area contributed by atoms with Crippen molar-refractivity contribution in [2.75, 3.05) is 0 Å². The highest BCUT2D eigenvalue weighted by Gasteiger charge is 2.33. The Morgan fingerprint density at radius 3 is 1.30 bits per heavy atom. The summed E-state index contributed by atoms with van der Waals surface area (Å²) < 4.78 is 0. The van der Waals surface area contributed by atoms with Gasteiger partial charge in [-0.2, -0.15) is 0 Å². The quantitative estimate of drug-likeness (QED) is 0.258.